The third-order valence-electron chi connectivity index (χ3n) is 2.05. The van der Waals surface area contributed by atoms with Gasteiger partial charge in [0, 0.05) is 11.3 Å². The Morgan fingerprint density at radius 2 is 1.82 bits per heavy atom. The van der Waals surface area contributed by atoms with Crippen LogP contribution in [0.25, 0.3) is 0 Å². The van der Waals surface area contributed by atoms with Crippen molar-refractivity contribution in [3.8, 4) is 11.8 Å². The lowest BCUT2D eigenvalue weighted by Gasteiger charge is -1.92. The van der Waals surface area contributed by atoms with E-state index >= 15 is 0 Å². The predicted molar refractivity (Wildman–Crippen MR) is 68.6 cm³/mol. The number of pyridine rings is 1. The van der Waals surface area contributed by atoms with Crippen molar-refractivity contribution in [3.05, 3.63) is 65.2 Å². The summed E-state index contributed by atoms with van der Waals surface area (Å²) in [7, 11) is 0. The molecule has 0 aliphatic heterocycles. The highest BCUT2D eigenvalue weighted by atomic mass is 35.5. The van der Waals surface area contributed by atoms with E-state index in [-0.39, 0.29) is 18.2 Å². The standard InChI is InChI=1S/C14H10FN.ClH/c1-11-4-2-7-14(16-11)9-8-12-5-3-6-13(15)10-12;/h2-7,10H,1H3;1H. The van der Waals surface area contributed by atoms with E-state index in [0.29, 0.717) is 11.3 Å². The van der Waals surface area contributed by atoms with Crippen molar-refractivity contribution in [2.75, 3.05) is 0 Å². The smallest absolute Gasteiger partial charge is 0.124 e. The van der Waals surface area contributed by atoms with Crippen LogP contribution in [0, 0.1) is 24.6 Å². The molecule has 1 heterocycles. The number of aryl methyl sites for hydroxylation is 1. The molecule has 0 fully saturated rings. The molecule has 1 aromatic carbocycles. The molecule has 0 saturated heterocycles. The molecule has 0 bridgehead atoms. The zero-order valence-electron chi connectivity index (χ0n) is 9.27. The summed E-state index contributed by atoms with van der Waals surface area (Å²) in [5, 5.41) is 0. The van der Waals surface area contributed by atoms with Crippen molar-refractivity contribution < 1.29 is 4.39 Å². The molecule has 2 rings (SSSR count). The Bertz CT molecular complexity index is 520. The van der Waals surface area contributed by atoms with E-state index in [1.165, 1.54) is 12.1 Å². The van der Waals surface area contributed by atoms with Gasteiger partial charge in [0.05, 0.1) is 0 Å². The average molecular weight is 248 g/mol. The number of halogens is 2. The second kappa shape index (κ2) is 6.03. The zero-order chi connectivity index (χ0) is 11.4. The molecule has 17 heavy (non-hydrogen) atoms. The summed E-state index contributed by atoms with van der Waals surface area (Å²) in [4.78, 5) is 4.24. The molecular weight excluding hydrogens is 237 g/mol. The molecule has 0 atom stereocenters. The number of rotatable bonds is 0. The van der Waals surface area contributed by atoms with E-state index in [0.717, 1.165) is 5.69 Å². The van der Waals surface area contributed by atoms with Crippen molar-refractivity contribution in [2.24, 2.45) is 0 Å². The fourth-order valence-electron chi connectivity index (χ4n) is 1.32. The lowest BCUT2D eigenvalue weighted by molar-refractivity contribution is 0.627. The van der Waals surface area contributed by atoms with Crippen LogP contribution in [-0.2, 0) is 0 Å². The largest absolute Gasteiger partial charge is 0.245 e. The van der Waals surface area contributed by atoms with Crippen LogP contribution in [0.1, 0.15) is 17.0 Å². The Balaban J connectivity index is 0.00000144. The molecule has 86 valence electrons. The summed E-state index contributed by atoms with van der Waals surface area (Å²) in [6.45, 7) is 1.91. The highest BCUT2D eigenvalue weighted by Gasteiger charge is 1.91. The Morgan fingerprint density at radius 1 is 1.06 bits per heavy atom. The molecule has 2 aromatic rings. The normalized spacial score (nSPS) is 8.82. The van der Waals surface area contributed by atoms with Crippen molar-refractivity contribution in [1.29, 1.82) is 0 Å². The molecule has 0 spiro atoms. The highest BCUT2D eigenvalue weighted by Crippen LogP contribution is 2.02. The zero-order valence-corrected chi connectivity index (χ0v) is 10.1. The van der Waals surface area contributed by atoms with Crippen molar-refractivity contribution in [3.63, 3.8) is 0 Å². The SMILES string of the molecule is Cc1cccc(C#Cc2cccc(F)c2)n1.Cl. The first kappa shape index (κ1) is 13.2. The monoisotopic (exact) mass is 247 g/mol. The van der Waals surface area contributed by atoms with Crippen LogP contribution in [0.4, 0.5) is 4.39 Å². The number of hydrogen-bond donors (Lipinski definition) is 0. The van der Waals surface area contributed by atoms with Crippen molar-refractivity contribution in [2.45, 2.75) is 6.92 Å². The fourth-order valence-corrected chi connectivity index (χ4v) is 1.32. The van der Waals surface area contributed by atoms with Gasteiger partial charge in [-0.2, -0.15) is 0 Å². The average Bonchev–Trinajstić information content (AvgIpc) is 2.27. The fraction of sp³-hybridized carbons (Fsp3) is 0.0714. The summed E-state index contributed by atoms with van der Waals surface area (Å²) in [6.07, 6.45) is 0. The van der Waals surface area contributed by atoms with Crippen molar-refractivity contribution in [1.82, 2.24) is 4.98 Å². The first-order valence-corrected chi connectivity index (χ1v) is 4.95. The maximum absolute atomic E-state index is 12.9. The minimum atomic E-state index is -0.274. The highest BCUT2D eigenvalue weighted by molar-refractivity contribution is 5.85. The van der Waals surface area contributed by atoms with E-state index in [2.05, 4.69) is 16.8 Å². The van der Waals surface area contributed by atoms with Gasteiger partial charge in [-0.1, -0.05) is 18.1 Å². The van der Waals surface area contributed by atoms with Gasteiger partial charge in [0.15, 0.2) is 0 Å². The van der Waals surface area contributed by atoms with Crippen LogP contribution in [0.2, 0.25) is 0 Å². The third kappa shape index (κ3) is 3.90. The van der Waals surface area contributed by atoms with Gasteiger partial charge in [0.2, 0.25) is 0 Å². The van der Waals surface area contributed by atoms with E-state index < -0.39 is 0 Å². The Morgan fingerprint density at radius 3 is 2.53 bits per heavy atom. The minimum absolute atomic E-state index is 0. The number of aromatic nitrogens is 1. The Labute approximate surface area is 106 Å². The van der Waals surface area contributed by atoms with Gasteiger partial charge in [-0.3, -0.25) is 0 Å². The molecule has 0 saturated carbocycles. The van der Waals surface area contributed by atoms with Gasteiger partial charge in [-0.15, -0.1) is 12.4 Å². The maximum Gasteiger partial charge on any atom is 0.124 e. The second-order valence-electron chi connectivity index (χ2n) is 3.42. The molecule has 0 unspecified atom stereocenters. The second-order valence-corrected chi connectivity index (χ2v) is 3.42. The van der Waals surface area contributed by atoms with Gasteiger partial charge < -0.3 is 0 Å². The van der Waals surface area contributed by atoms with E-state index in [9.17, 15) is 4.39 Å². The lowest BCUT2D eigenvalue weighted by atomic mass is 10.2. The summed E-state index contributed by atoms with van der Waals surface area (Å²) < 4.78 is 12.9. The van der Waals surface area contributed by atoms with Crippen LogP contribution >= 0.6 is 12.4 Å². The van der Waals surface area contributed by atoms with Gasteiger partial charge in [-0.05, 0) is 43.2 Å². The van der Waals surface area contributed by atoms with Crippen LogP contribution in [0.15, 0.2) is 42.5 Å². The molecule has 3 heteroatoms. The Hall–Kier alpha value is -1.85. The summed E-state index contributed by atoms with van der Waals surface area (Å²) in [6, 6.07) is 11.9. The number of nitrogens with zero attached hydrogens (tertiary/aromatic N) is 1. The predicted octanol–water partition coefficient (Wildman–Crippen LogP) is 3.35. The quantitative estimate of drug-likeness (QED) is 0.651. The topological polar surface area (TPSA) is 12.9 Å². The first-order chi connectivity index (χ1) is 7.74. The summed E-state index contributed by atoms with van der Waals surface area (Å²) >= 11 is 0. The summed E-state index contributed by atoms with van der Waals surface area (Å²) in [5.74, 6) is 5.50. The van der Waals surface area contributed by atoms with Crippen LogP contribution in [0.3, 0.4) is 0 Å². The van der Waals surface area contributed by atoms with Crippen molar-refractivity contribution >= 4 is 12.4 Å². The third-order valence-corrected chi connectivity index (χ3v) is 2.05. The molecule has 0 N–H and O–H groups in total. The van der Waals surface area contributed by atoms with Gasteiger partial charge in [0.1, 0.15) is 11.5 Å². The molecule has 0 aliphatic carbocycles. The molecule has 0 radical (unpaired) electrons. The van der Waals surface area contributed by atoms with Crippen LogP contribution in [0.5, 0.6) is 0 Å². The molecule has 0 aliphatic rings. The number of benzene rings is 1. The Kier molecular flexibility index (Phi) is 4.68. The van der Waals surface area contributed by atoms with Crippen LogP contribution < -0.4 is 0 Å². The number of hydrogen-bond acceptors (Lipinski definition) is 1. The van der Waals surface area contributed by atoms with Gasteiger partial charge in [-0.25, -0.2) is 9.37 Å². The maximum atomic E-state index is 12.9. The van der Waals surface area contributed by atoms with Crippen LogP contribution in [-0.4, -0.2) is 4.98 Å². The van der Waals surface area contributed by atoms with Gasteiger partial charge in [0.25, 0.3) is 0 Å². The summed E-state index contributed by atoms with van der Waals surface area (Å²) in [5.41, 5.74) is 2.28. The molecule has 1 aromatic heterocycles. The van der Waals surface area contributed by atoms with Gasteiger partial charge >= 0.3 is 0 Å². The molecular formula is C14H11ClFN. The van der Waals surface area contributed by atoms with E-state index in [1.54, 1.807) is 12.1 Å². The lowest BCUT2D eigenvalue weighted by Crippen LogP contribution is -1.85. The van der Waals surface area contributed by atoms with E-state index in [4.69, 9.17) is 0 Å². The van der Waals surface area contributed by atoms with E-state index in [1.807, 2.05) is 25.1 Å². The molecule has 1 nitrogen and oxygen atoms in total. The minimum Gasteiger partial charge on any atom is -0.245 e. The first-order valence-electron chi connectivity index (χ1n) is 4.95. The molecule has 0 amide bonds.